The van der Waals surface area contributed by atoms with Crippen molar-refractivity contribution in [3.63, 3.8) is 0 Å². The summed E-state index contributed by atoms with van der Waals surface area (Å²) >= 11 is 0. The third-order valence-electron chi connectivity index (χ3n) is 6.49. The maximum Gasteiger partial charge on any atom is 0.161 e. The fourth-order valence-electron chi connectivity index (χ4n) is 4.78. The monoisotopic (exact) mass is 482 g/mol. The Morgan fingerprint density at radius 1 is 1.11 bits per heavy atom. The number of aromatic nitrogens is 6. The van der Waals surface area contributed by atoms with Crippen LogP contribution in [0.4, 0.5) is 0 Å². The summed E-state index contributed by atoms with van der Waals surface area (Å²) in [6.45, 7) is 7.06. The largest absolute Gasteiger partial charge is 0.370 e. The standard InChI is InChI=1S/C28H34N8/c1-5-6-10-24(36-13-8-7-9-14-36)25-19(2)30-28(32-25)27-26-23(33-34-27)12-11-22(31-26)21-15-20(16-29-17-21)18-35(3)4/h5-6,10-12,15-17H,7-9,13-14,18H2,1-4H3,(H,30,32)(H,33,34)/b6-5-,24-10+. The van der Waals surface area contributed by atoms with Crippen LogP contribution < -0.4 is 0 Å². The second-order valence-corrected chi connectivity index (χ2v) is 9.67. The van der Waals surface area contributed by atoms with Crippen molar-refractivity contribution >= 4 is 16.7 Å². The molecule has 5 rings (SSSR count). The van der Waals surface area contributed by atoms with Gasteiger partial charge in [-0.05, 0) is 77.0 Å². The highest BCUT2D eigenvalue weighted by Crippen LogP contribution is 2.30. The van der Waals surface area contributed by atoms with Gasteiger partial charge < -0.3 is 14.8 Å². The molecule has 8 nitrogen and oxygen atoms in total. The van der Waals surface area contributed by atoms with E-state index in [1.807, 2.05) is 31.5 Å². The van der Waals surface area contributed by atoms with Crippen LogP contribution >= 0.6 is 0 Å². The van der Waals surface area contributed by atoms with Crippen LogP contribution in [0.15, 0.2) is 48.8 Å². The molecule has 4 aromatic heterocycles. The van der Waals surface area contributed by atoms with Crippen LogP contribution in [0.3, 0.4) is 0 Å². The van der Waals surface area contributed by atoms with Crippen molar-refractivity contribution in [1.82, 2.24) is 39.9 Å². The lowest BCUT2D eigenvalue weighted by Crippen LogP contribution is -2.28. The van der Waals surface area contributed by atoms with Crippen molar-refractivity contribution in [2.75, 3.05) is 27.2 Å². The summed E-state index contributed by atoms with van der Waals surface area (Å²) in [6, 6.07) is 6.18. The number of rotatable bonds is 7. The predicted octanol–water partition coefficient (Wildman–Crippen LogP) is 5.18. The highest BCUT2D eigenvalue weighted by molar-refractivity contribution is 5.89. The average molecular weight is 483 g/mol. The molecule has 1 fully saturated rings. The second-order valence-electron chi connectivity index (χ2n) is 9.67. The van der Waals surface area contributed by atoms with Gasteiger partial charge in [-0.3, -0.25) is 10.1 Å². The molecule has 2 N–H and O–H groups in total. The molecule has 1 saturated heterocycles. The smallest absolute Gasteiger partial charge is 0.161 e. The van der Waals surface area contributed by atoms with E-state index in [2.05, 4.69) is 75.3 Å². The van der Waals surface area contributed by atoms with E-state index in [1.165, 1.54) is 19.3 Å². The van der Waals surface area contributed by atoms with Gasteiger partial charge in [-0.2, -0.15) is 5.10 Å². The lowest BCUT2D eigenvalue weighted by atomic mass is 10.1. The molecular weight excluding hydrogens is 448 g/mol. The lowest BCUT2D eigenvalue weighted by Gasteiger charge is -2.30. The first-order valence-corrected chi connectivity index (χ1v) is 12.6. The maximum absolute atomic E-state index is 5.04. The lowest BCUT2D eigenvalue weighted by molar-refractivity contribution is 0.325. The summed E-state index contributed by atoms with van der Waals surface area (Å²) in [5, 5.41) is 7.72. The van der Waals surface area contributed by atoms with Crippen molar-refractivity contribution in [2.45, 2.75) is 39.7 Å². The molecule has 1 aliphatic rings. The van der Waals surface area contributed by atoms with Crippen LogP contribution in [0.5, 0.6) is 0 Å². The van der Waals surface area contributed by atoms with E-state index in [-0.39, 0.29) is 0 Å². The third-order valence-corrected chi connectivity index (χ3v) is 6.49. The zero-order valence-corrected chi connectivity index (χ0v) is 21.5. The Labute approximate surface area is 212 Å². The molecule has 0 aliphatic carbocycles. The van der Waals surface area contributed by atoms with Crippen LogP contribution in [-0.4, -0.2) is 67.1 Å². The van der Waals surface area contributed by atoms with Gasteiger partial charge in [-0.15, -0.1) is 0 Å². The number of H-pyrrole nitrogens is 2. The number of piperidine rings is 1. The highest BCUT2D eigenvalue weighted by atomic mass is 15.2. The number of fused-ring (bicyclic) bond motifs is 1. The Morgan fingerprint density at radius 3 is 2.72 bits per heavy atom. The first kappa shape index (κ1) is 23.9. The van der Waals surface area contributed by atoms with Gasteiger partial charge in [0.2, 0.25) is 0 Å². The number of pyridine rings is 2. The molecule has 0 saturated carbocycles. The van der Waals surface area contributed by atoms with Crippen molar-refractivity contribution in [2.24, 2.45) is 0 Å². The fraction of sp³-hybridized carbons (Fsp3) is 0.357. The number of likely N-dealkylation sites (tertiary alicyclic amines) is 1. The minimum Gasteiger partial charge on any atom is -0.370 e. The van der Waals surface area contributed by atoms with Gasteiger partial charge in [0.15, 0.2) is 11.5 Å². The van der Waals surface area contributed by atoms with Gasteiger partial charge in [-0.25, -0.2) is 9.97 Å². The SMILES string of the molecule is C/C=C\C=C(/c1nc(-c2n[nH]c3ccc(-c4cncc(CN(C)C)c4)nc23)[nH]c1C)N1CCCCC1. The van der Waals surface area contributed by atoms with E-state index in [9.17, 15) is 0 Å². The van der Waals surface area contributed by atoms with Crippen molar-refractivity contribution in [3.05, 3.63) is 65.8 Å². The van der Waals surface area contributed by atoms with Crippen LogP contribution in [0.1, 0.15) is 43.1 Å². The minimum absolute atomic E-state index is 0.723. The molecule has 5 heterocycles. The maximum atomic E-state index is 5.04. The van der Waals surface area contributed by atoms with Gasteiger partial charge in [0.25, 0.3) is 0 Å². The number of nitrogens with zero attached hydrogens (tertiary/aromatic N) is 6. The normalized spacial score (nSPS) is 15.0. The average Bonchev–Trinajstić information content (AvgIpc) is 3.47. The summed E-state index contributed by atoms with van der Waals surface area (Å²) in [6.07, 6.45) is 13.8. The molecule has 8 heteroatoms. The molecule has 4 aromatic rings. The predicted molar refractivity (Wildman–Crippen MR) is 145 cm³/mol. The van der Waals surface area contributed by atoms with Gasteiger partial charge in [-0.1, -0.05) is 12.2 Å². The number of nitrogens with one attached hydrogen (secondary N) is 2. The minimum atomic E-state index is 0.723. The number of allylic oxidation sites excluding steroid dienone is 3. The zero-order valence-electron chi connectivity index (χ0n) is 21.5. The Bertz CT molecular complexity index is 1400. The van der Waals surface area contributed by atoms with E-state index in [4.69, 9.17) is 9.97 Å². The molecule has 0 atom stereocenters. The van der Waals surface area contributed by atoms with Gasteiger partial charge in [0.1, 0.15) is 11.2 Å². The Kier molecular flexibility index (Phi) is 6.95. The Hall–Kier alpha value is -3.78. The topological polar surface area (TPSA) is 89.6 Å². The molecule has 1 aliphatic heterocycles. The van der Waals surface area contributed by atoms with Gasteiger partial charge in [0, 0.05) is 43.3 Å². The summed E-state index contributed by atoms with van der Waals surface area (Å²) < 4.78 is 0. The first-order valence-electron chi connectivity index (χ1n) is 12.6. The Balaban J connectivity index is 1.53. The quantitative estimate of drug-likeness (QED) is 0.353. The molecule has 0 amide bonds. The molecule has 0 radical (unpaired) electrons. The number of hydrogen-bond donors (Lipinski definition) is 2. The van der Waals surface area contributed by atoms with E-state index < -0.39 is 0 Å². The van der Waals surface area contributed by atoms with Gasteiger partial charge >= 0.3 is 0 Å². The number of hydrogen-bond acceptors (Lipinski definition) is 6. The first-order chi connectivity index (χ1) is 17.5. The summed E-state index contributed by atoms with van der Waals surface area (Å²) in [5.74, 6) is 0.723. The molecule has 0 bridgehead atoms. The molecule has 186 valence electrons. The van der Waals surface area contributed by atoms with Crippen LogP contribution in [0, 0.1) is 6.92 Å². The Morgan fingerprint density at radius 2 is 1.94 bits per heavy atom. The summed E-state index contributed by atoms with van der Waals surface area (Å²) in [5.41, 5.74) is 8.55. The van der Waals surface area contributed by atoms with Crippen LogP contribution in [0.25, 0.3) is 39.5 Å². The number of aromatic amines is 2. The van der Waals surface area contributed by atoms with Crippen LogP contribution in [0.2, 0.25) is 0 Å². The number of aryl methyl sites for hydroxylation is 1. The second kappa shape index (κ2) is 10.5. The van der Waals surface area contributed by atoms with E-state index in [0.29, 0.717) is 0 Å². The summed E-state index contributed by atoms with van der Waals surface area (Å²) in [7, 11) is 4.11. The van der Waals surface area contributed by atoms with E-state index in [1.54, 1.807) is 0 Å². The van der Waals surface area contributed by atoms with Gasteiger partial charge in [0.05, 0.1) is 16.9 Å². The summed E-state index contributed by atoms with van der Waals surface area (Å²) in [4.78, 5) is 22.5. The molecule has 0 unspecified atom stereocenters. The number of imidazole rings is 1. The van der Waals surface area contributed by atoms with Crippen molar-refractivity contribution in [1.29, 1.82) is 0 Å². The van der Waals surface area contributed by atoms with Crippen molar-refractivity contribution in [3.8, 4) is 22.8 Å². The molecule has 36 heavy (non-hydrogen) atoms. The third kappa shape index (κ3) is 4.95. The highest BCUT2D eigenvalue weighted by Gasteiger charge is 2.22. The van der Waals surface area contributed by atoms with E-state index in [0.717, 1.165) is 76.1 Å². The fourth-order valence-corrected chi connectivity index (χ4v) is 4.78. The molecule has 0 aromatic carbocycles. The van der Waals surface area contributed by atoms with Crippen molar-refractivity contribution < 1.29 is 0 Å². The van der Waals surface area contributed by atoms with E-state index >= 15 is 0 Å². The zero-order chi connectivity index (χ0) is 25.1. The van der Waals surface area contributed by atoms with Crippen LogP contribution in [-0.2, 0) is 6.54 Å². The molecule has 0 spiro atoms. The molecular formula is C28H34N8.